The third-order valence-electron chi connectivity index (χ3n) is 1.37. The van der Waals surface area contributed by atoms with E-state index in [0.717, 1.165) is 0 Å². The molecule has 0 aliphatic carbocycles. The minimum absolute atomic E-state index is 0.0343. The molecule has 0 unspecified atom stereocenters. The highest BCUT2D eigenvalue weighted by Gasteiger charge is 2.16. The van der Waals surface area contributed by atoms with Crippen LogP contribution in [0.4, 0.5) is 11.6 Å². The van der Waals surface area contributed by atoms with Gasteiger partial charge in [0.1, 0.15) is 4.60 Å². The molecule has 0 aliphatic rings. The molecular weight excluding hydrogens is 252 g/mol. The average molecular weight is 261 g/mol. The van der Waals surface area contributed by atoms with Gasteiger partial charge in [0.05, 0.1) is 6.61 Å². The van der Waals surface area contributed by atoms with Crippen molar-refractivity contribution >= 4 is 33.5 Å². The van der Waals surface area contributed by atoms with Gasteiger partial charge in [-0.05, 0) is 22.9 Å². The van der Waals surface area contributed by atoms with E-state index in [9.17, 15) is 4.79 Å². The van der Waals surface area contributed by atoms with Gasteiger partial charge in [0.25, 0.3) is 0 Å². The zero-order valence-corrected chi connectivity index (χ0v) is 9.04. The summed E-state index contributed by atoms with van der Waals surface area (Å²) in [7, 11) is 0. The topological polar surface area (TPSA) is 104 Å². The Hall–Kier alpha value is -1.37. The quantitative estimate of drug-likeness (QED) is 0.754. The molecule has 0 aromatic carbocycles. The maximum atomic E-state index is 11.3. The van der Waals surface area contributed by atoms with E-state index in [4.69, 9.17) is 16.2 Å². The highest BCUT2D eigenvalue weighted by molar-refractivity contribution is 9.10. The Kier molecular flexibility index (Phi) is 3.23. The summed E-state index contributed by atoms with van der Waals surface area (Å²) in [6.45, 7) is 1.94. The van der Waals surface area contributed by atoms with Crippen LogP contribution >= 0.6 is 15.9 Å². The molecule has 0 saturated heterocycles. The van der Waals surface area contributed by atoms with Crippen molar-refractivity contribution in [2.45, 2.75) is 6.92 Å². The van der Waals surface area contributed by atoms with E-state index in [0.29, 0.717) is 0 Å². The predicted molar refractivity (Wildman–Crippen MR) is 54.5 cm³/mol. The normalized spacial score (nSPS) is 9.86. The molecule has 0 fully saturated rings. The SMILES string of the molecule is CCOC(=O)c1nc(Br)c(N)nc1N. The summed E-state index contributed by atoms with van der Waals surface area (Å²) >= 11 is 3.04. The van der Waals surface area contributed by atoms with Crippen molar-refractivity contribution in [3.63, 3.8) is 0 Å². The zero-order valence-electron chi connectivity index (χ0n) is 7.45. The Balaban J connectivity index is 3.09. The summed E-state index contributed by atoms with van der Waals surface area (Å²) in [4.78, 5) is 18.8. The summed E-state index contributed by atoms with van der Waals surface area (Å²) in [5.74, 6) is -0.516. The number of anilines is 2. The third kappa shape index (κ3) is 2.11. The van der Waals surface area contributed by atoms with Crippen LogP contribution in [-0.4, -0.2) is 22.5 Å². The smallest absolute Gasteiger partial charge is 0.360 e. The van der Waals surface area contributed by atoms with E-state index in [1.165, 1.54) is 0 Å². The van der Waals surface area contributed by atoms with Gasteiger partial charge in [-0.1, -0.05) is 0 Å². The zero-order chi connectivity index (χ0) is 10.7. The summed E-state index contributed by atoms with van der Waals surface area (Å²) in [6, 6.07) is 0. The molecule has 76 valence electrons. The van der Waals surface area contributed by atoms with Gasteiger partial charge in [0, 0.05) is 0 Å². The van der Waals surface area contributed by atoms with Gasteiger partial charge in [-0.3, -0.25) is 0 Å². The highest BCUT2D eigenvalue weighted by Crippen LogP contribution is 2.18. The van der Waals surface area contributed by atoms with Crippen LogP contribution in [0.3, 0.4) is 0 Å². The van der Waals surface area contributed by atoms with Crippen LogP contribution in [0.5, 0.6) is 0 Å². The third-order valence-corrected chi connectivity index (χ3v) is 1.96. The fraction of sp³-hybridized carbons (Fsp3) is 0.286. The summed E-state index contributed by atoms with van der Waals surface area (Å²) in [5, 5.41) is 0. The second-order valence-electron chi connectivity index (χ2n) is 2.35. The molecule has 0 spiro atoms. The lowest BCUT2D eigenvalue weighted by atomic mass is 10.4. The van der Waals surface area contributed by atoms with Crippen molar-refractivity contribution in [1.82, 2.24) is 9.97 Å². The van der Waals surface area contributed by atoms with Crippen molar-refractivity contribution in [1.29, 1.82) is 0 Å². The van der Waals surface area contributed by atoms with Crippen molar-refractivity contribution in [3.05, 3.63) is 10.3 Å². The number of halogens is 1. The van der Waals surface area contributed by atoms with Crippen molar-refractivity contribution in [2.75, 3.05) is 18.1 Å². The number of aromatic nitrogens is 2. The van der Waals surface area contributed by atoms with Crippen molar-refractivity contribution < 1.29 is 9.53 Å². The molecule has 0 atom stereocenters. The number of carbonyl (C=O) groups is 1. The summed E-state index contributed by atoms with van der Waals surface area (Å²) < 4.78 is 4.99. The number of hydrogen-bond acceptors (Lipinski definition) is 6. The van der Waals surface area contributed by atoms with E-state index in [2.05, 4.69) is 25.9 Å². The molecule has 1 aromatic rings. The number of nitrogens with two attached hydrogens (primary N) is 2. The van der Waals surface area contributed by atoms with E-state index in [1.807, 2.05) is 0 Å². The number of rotatable bonds is 2. The first kappa shape index (κ1) is 10.7. The fourth-order valence-corrected chi connectivity index (χ4v) is 1.06. The summed E-state index contributed by atoms with van der Waals surface area (Å²) in [5.41, 5.74) is 10.8. The maximum Gasteiger partial charge on any atom is 0.360 e. The van der Waals surface area contributed by atoms with Gasteiger partial charge < -0.3 is 16.2 Å². The van der Waals surface area contributed by atoms with Crippen LogP contribution in [0, 0.1) is 0 Å². The molecule has 1 rings (SSSR count). The van der Waals surface area contributed by atoms with Crippen LogP contribution < -0.4 is 11.5 Å². The molecule has 1 heterocycles. The standard InChI is InChI=1S/C7H9BrN4O2/c1-2-14-7(13)3-5(9)12-6(10)4(8)11-3/h2H2,1H3,(H4,9,10,12). The first-order chi connectivity index (χ1) is 6.56. The Labute approximate surface area is 88.8 Å². The largest absolute Gasteiger partial charge is 0.461 e. The van der Waals surface area contributed by atoms with Crippen LogP contribution in [0.25, 0.3) is 0 Å². The molecule has 0 radical (unpaired) electrons. The van der Waals surface area contributed by atoms with Gasteiger partial charge in [0.2, 0.25) is 0 Å². The number of hydrogen-bond donors (Lipinski definition) is 2. The first-order valence-electron chi connectivity index (χ1n) is 3.81. The predicted octanol–water partition coefficient (Wildman–Crippen LogP) is 0.580. The highest BCUT2D eigenvalue weighted by atomic mass is 79.9. The van der Waals surface area contributed by atoms with Gasteiger partial charge in [-0.25, -0.2) is 14.8 Å². The van der Waals surface area contributed by atoms with Crippen LogP contribution in [0.1, 0.15) is 17.4 Å². The minimum Gasteiger partial charge on any atom is -0.461 e. The molecule has 4 N–H and O–H groups in total. The number of ether oxygens (including phenoxy) is 1. The van der Waals surface area contributed by atoms with E-state index in [-0.39, 0.29) is 28.5 Å². The van der Waals surface area contributed by atoms with Gasteiger partial charge in [0.15, 0.2) is 17.3 Å². The first-order valence-corrected chi connectivity index (χ1v) is 4.61. The molecule has 7 heteroatoms. The second kappa shape index (κ2) is 4.23. The molecule has 0 saturated carbocycles. The van der Waals surface area contributed by atoms with Crippen LogP contribution in [0.15, 0.2) is 4.60 Å². The van der Waals surface area contributed by atoms with Crippen molar-refractivity contribution in [2.24, 2.45) is 0 Å². The van der Waals surface area contributed by atoms with E-state index in [1.54, 1.807) is 6.92 Å². The number of nitrogens with zero attached hydrogens (tertiary/aromatic N) is 2. The van der Waals surface area contributed by atoms with E-state index >= 15 is 0 Å². The number of carbonyl (C=O) groups excluding carboxylic acids is 1. The Morgan fingerprint density at radius 1 is 1.43 bits per heavy atom. The second-order valence-corrected chi connectivity index (χ2v) is 3.11. The molecule has 0 bridgehead atoms. The molecule has 0 aliphatic heterocycles. The lowest BCUT2D eigenvalue weighted by Crippen LogP contribution is -2.13. The van der Waals surface area contributed by atoms with Crippen LogP contribution in [-0.2, 0) is 4.74 Å². The molecule has 14 heavy (non-hydrogen) atoms. The van der Waals surface area contributed by atoms with E-state index < -0.39 is 5.97 Å². The number of esters is 1. The summed E-state index contributed by atoms with van der Waals surface area (Å²) in [6.07, 6.45) is 0. The lowest BCUT2D eigenvalue weighted by Gasteiger charge is -2.05. The lowest BCUT2D eigenvalue weighted by molar-refractivity contribution is 0.0520. The average Bonchev–Trinajstić information content (AvgIpc) is 2.11. The minimum atomic E-state index is -0.613. The Bertz CT molecular complexity index is 369. The molecule has 0 amide bonds. The Morgan fingerprint density at radius 2 is 2.07 bits per heavy atom. The fourth-order valence-electron chi connectivity index (χ4n) is 0.791. The molecular formula is C7H9BrN4O2. The number of nitrogen functional groups attached to an aromatic ring is 2. The van der Waals surface area contributed by atoms with Crippen molar-refractivity contribution in [3.8, 4) is 0 Å². The van der Waals surface area contributed by atoms with Gasteiger partial charge >= 0.3 is 5.97 Å². The molecule has 6 nitrogen and oxygen atoms in total. The Morgan fingerprint density at radius 3 is 2.64 bits per heavy atom. The molecule has 1 aromatic heterocycles. The van der Waals surface area contributed by atoms with Gasteiger partial charge in [-0.2, -0.15) is 0 Å². The monoisotopic (exact) mass is 260 g/mol. The van der Waals surface area contributed by atoms with Gasteiger partial charge in [-0.15, -0.1) is 0 Å². The van der Waals surface area contributed by atoms with Crippen LogP contribution in [0.2, 0.25) is 0 Å². The maximum absolute atomic E-state index is 11.3.